The van der Waals surface area contributed by atoms with Gasteiger partial charge in [0.1, 0.15) is 0 Å². The van der Waals surface area contributed by atoms with Gasteiger partial charge in [-0.1, -0.05) is 6.92 Å². The molecule has 100 valence electrons. The summed E-state index contributed by atoms with van der Waals surface area (Å²) in [7, 11) is -3.68. The fraction of sp³-hybridized carbons (Fsp3) is 0.900. The highest BCUT2D eigenvalue weighted by molar-refractivity contribution is 7.89. The molecule has 1 fully saturated rings. The average molecular weight is 265 g/mol. The Bertz CT molecular complexity index is 367. The molecular formula is C10H19NO5S. The van der Waals surface area contributed by atoms with Crippen LogP contribution in [0.3, 0.4) is 0 Å². The van der Waals surface area contributed by atoms with Crippen molar-refractivity contribution in [1.29, 1.82) is 0 Å². The quantitative estimate of drug-likeness (QED) is 0.683. The highest BCUT2D eigenvalue weighted by Gasteiger charge is 2.39. The lowest BCUT2D eigenvalue weighted by Gasteiger charge is -2.23. The molecule has 1 rings (SSSR count). The first-order valence-electron chi connectivity index (χ1n) is 5.68. The standard InChI is InChI=1S/C10H19NO5S/c1-3-16-10(13)7-17(14,15)11-5-4-8(2)9(11)6-12/h8-9,12H,3-7H2,1-2H3. The van der Waals surface area contributed by atoms with Gasteiger partial charge in [-0.15, -0.1) is 0 Å². The molecular weight excluding hydrogens is 246 g/mol. The van der Waals surface area contributed by atoms with E-state index in [0.29, 0.717) is 13.0 Å². The molecule has 0 aromatic carbocycles. The van der Waals surface area contributed by atoms with Gasteiger partial charge in [0, 0.05) is 6.54 Å². The third kappa shape index (κ3) is 3.40. The molecule has 0 aliphatic carbocycles. The van der Waals surface area contributed by atoms with Crippen LogP contribution in [0.4, 0.5) is 0 Å². The van der Waals surface area contributed by atoms with E-state index in [-0.39, 0.29) is 19.1 Å². The molecule has 2 atom stereocenters. The topological polar surface area (TPSA) is 83.9 Å². The zero-order valence-corrected chi connectivity index (χ0v) is 10.9. The summed E-state index contributed by atoms with van der Waals surface area (Å²) in [5.41, 5.74) is 0. The molecule has 17 heavy (non-hydrogen) atoms. The molecule has 1 aliphatic rings. The van der Waals surface area contributed by atoms with Gasteiger partial charge in [-0.2, -0.15) is 4.31 Å². The maximum atomic E-state index is 11.9. The number of carbonyl (C=O) groups is 1. The Hall–Kier alpha value is -0.660. The van der Waals surface area contributed by atoms with E-state index in [0.717, 1.165) is 0 Å². The number of sulfonamides is 1. The van der Waals surface area contributed by atoms with Crippen LogP contribution < -0.4 is 0 Å². The van der Waals surface area contributed by atoms with Crippen LogP contribution in [0, 0.1) is 5.92 Å². The second kappa shape index (κ2) is 5.79. The summed E-state index contributed by atoms with van der Waals surface area (Å²) in [6.45, 7) is 3.81. The van der Waals surface area contributed by atoms with Crippen molar-refractivity contribution in [2.24, 2.45) is 5.92 Å². The Morgan fingerprint density at radius 2 is 2.18 bits per heavy atom. The summed E-state index contributed by atoms with van der Waals surface area (Å²) in [6, 6.07) is -0.422. The average Bonchev–Trinajstić information content (AvgIpc) is 2.59. The molecule has 0 aromatic rings. The number of hydrogen-bond acceptors (Lipinski definition) is 5. The molecule has 6 nitrogen and oxygen atoms in total. The van der Waals surface area contributed by atoms with Crippen molar-refractivity contribution in [3.63, 3.8) is 0 Å². The minimum Gasteiger partial charge on any atom is -0.465 e. The summed E-state index contributed by atoms with van der Waals surface area (Å²) in [5.74, 6) is -1.29. The SMILES string of the molecule is CCOC(=O)CS(=O)(=O)N1CCC(C)C1CO. The zero-order chi connectivity index (χ0) is 13.1. The number of aliphatic hydroxyl groups excluding tert-OH is 1. The molecule has 0 radical (unpaired) electrons. The predicted molar refractivity (Wildman–Crippen MR) is 61.8 cm³/mol. The lowest BCUT2D eigenvalue weighted by molar-refractivity contribution is -0.140. The van der Waals surface area contributed by atoms with E-state index in [1.165, 1.54) is 4.31 Å². The Balaban J connectivity index is 2.73. The molecule has 1 saturated heterocycles. The molecule has 1 heterocycles. The Morgan fingerprint density at radius 1 is 1.53 bits per heavy atom. The maximum absolute atomic E-state index is 11.9. The van der Waals surface area contributed by atoms with Crippen LogP contribution >= 0.6 is 0 Å². The van der Waals surface area contributed by atoms with Gasteiger partial charge in [-0.25, -0.2) is 8.42 Å². The first-order chi connectivity index (χ1) is 7.92. The summed E-state index contributed by atoms with van der Waals surface area (Å²) in [5, 5.41) is 9.19. The smallest absolute Gasteiger partial charge is 0.322 e. The highest BCUT2D eigenvalue weighted by atomic mass is 32.2. The number of esters is 1. The van der Waals surface area contributed by atoms with Crippen molar-refractivity contribution in [1.82, 2.24) is 4.31 Å². The van der Waals surface area contributed by atoms with Crippen LogP contribution in [0.5, 0.6) is 0 Å². The van der Waals surface area contributed by atoms with E-state index in [1.54, 1.807) is 6.92 Å². The van der Waals surface area contributed by atoms with Gasteiger partial charge in [0.25, 0.3) is 0 Å². The van der Waals surface area contributed by atoms with Crippen molar-refractivity contribution in [3.8, 4) is 0 Å². The van der Waals surface area contributed by atoms with Crippen LogP contribution in [0.2, 0.25) is 0 Å². The Labute approximate surface area is 102 Å². The lowest BCUT2D eigenvalue weighted by Crippen LogP contribution is -2.42. The van der Waals surface area contributed by atoms with E-state index >= 15 is 0 Å². The first-order valence-corrected chi connectivity index (χ1v) is 7.29. The van der Waals surface area contributed by atoms with Gasteiger partial charge in [0.05, 0.1) is 19.3 Å². The van der Waals surface area contributed by atoms with E-state index in [4.69, 9.17) is 0 Å². The van der Waals surface area contributed by atoms with Crippen LogP contribution in [-0.2, 0) is 19.6 Å². The lowest BCUT2D eigenvalue weighted by atomic mass is 10.0. The van der Waals surface area contributed by atoms with E-state index < -0.39 is 27.8 Å². The highest BCUT2D eigenvalue weighted by Crippen LogP contribution is 2.26. The largest absolute Gasteiger partial charge is 0.465 e. The number of carbonyl (C=O) groups excluding carboxylic acids is 1. The van der Waals surface area contributed by atoms with Crippen molar-refractivity contribution < 1.29 is 23.1 Å². The van der Waals surface area contributed by atoms with Gasteiger partial charge in [0.2, 0.25) is 10.0 Å². The molecule has 0 amide bonds. The molecule has 2 unspecified atom stereocenters. The molecule has 1 N–H and O–H groups in total. The Kier molecular flexibility index (Phi) is 4.91. The number of aliphatic hydroxyl groups is 1. The van der Waals surface area contributed by atoms with Crippen molar-refractivity contribution in [2.75, 3.05) is 25.5 Å². The number of rotatable bonds is 5. The summed E-state index contributed by atoms with van der Waals surface area (Å²) in [4.78, 5) is 11.2. The minimum absolute atomic E-state index is 0.108. The van der Waals surface area contributed by atoms with E-state index in [1.807, 2.05) is 6.92 Å². The second-order valence-electron chi connectivity index (χ2n) is 4.19. The summed E-state index contributed by atoms with van der Waals surface area (Å²) < 4.78 is 29.7. The molecule has 0 aromatic heterocycles. The minimum atomic E-state index is -3.68. The fourth-order valence-corrected chi connectivity index (χ4v) is 3.64. The number of hydrogen-bond donors (Lipinski definition) is 1. The normalized spacial score (nSPS) is 26.1. The van der Waals surface area contributed by atoms with Crippen molar-refractivity contribution >= 4 is 16.0 Å². The fourth-order valence-electron chi connectivity index (χ4n) is 2.02. The predicted octanol–water partition coefficient (Wildman–Crippen LogP) is -0.418. The number of nitrogens with zero attached hydrogens (tertiary/aromatic N) is 1. The van der Waals surface area contributed by atoms with E-state index in [2.05, 4.69) is 4.74 Å². The van der Waals surface area contributed by atoms with Gasteiger partial charge in [0.15, 0.2) is 5.75 Å². The van der Waals surface area contributed by atoms with Crippen LogP contribution in [0.25, 0.3) is 0 Å². The maximum Gasteiger partial charge on any atom is 0.322 e. The molecule has 0 spiro atoms. The molecule has 7 heteroatoms. The van der Waals surface area contributed by atoms with Crippen LogP contribution in [0.1, 0.15) is 20.3 Å². The second-order valence-corrected chi connectivity index (χ2v) is 6.11. The zero-order valence-electron chi connectivity index (χ0n) is 10.1. The molecule has 0 saturated carbocycles. The van der Waals surface area contributed by atoms with Crippen molar-refractivity contribution in [3.05, 3.63) is 0 Å². The summed E-state index contributed by atoms with van der Waals surface area (Å²) in [6.07, 6.45) is 0.702. The molecule has 0 bridgehead atoms. The van der Waals surface area contributed by atoms with Crippen LogP contribution in [0.15, 0.2) is 0 Å². The monoisotopic (exact) mass is 265 g/mol. The molecule has 1 aliphatic heterocycles. The third-order valence-corrected chi connectivity index (χ3v) is 4.75. The van der Waals surface area contributed by atoms with Gasteiger partial charge < -0.3 is 9.84 Å². The number of ether oxygens (including phenoxy) is 1. The summed E-state index contributed by atoms with van der Waals surface area (Å²) >= 11 is 0. The van der Waals surface area contributed by atoms with Crippen molar-refractivity contribution in [2.45, 2.75) is 26.3 Å². The van der Waals surface area contributed by atoms with Crippen LogP contribution in [-0.4, -0.2) is 55.4 Å². The first kappa shape index (κ1) is 14.4. The van der Waals surface area contributed by atoms with Gasteiger partial charge in [-0.3, -0.25) is 4.79 Å². The third-order valence-electron chi connectivity index (χ3n) is 2.98. The Morgan fingerprint density at radius 3 is 2.71 bits per heavy atom. The van der Waals surface area contributed by atoms with Gasteiger partial charge >= 0.3 is 5.97 Å². The van der Waals surface area contributed by atoms with E-state index in [9.17, 15) is 18.3 Å². The van der Waals surface area contributed by atoms with Gasteiger partial charge in [-0.05, 0) is 19.3 Å².